The van der Waals surface area contributed by atoms with E-state index >= 15 is 0 Å². The second kappa shape index (κ2) is 8.57. The molecule has 0 heterocycles. The fourth-order valence-electron chi connectivity index (χ4n) is 2.07. The van der Waals surface area contributed by atoms with Gasteiger partial charge in [-0.2, -0.15) is 8.78 Å². The molecule has 0 aromatic heterocycles. The molecule has 2 rings (SSSR count). The van der Waals surface area contributed by atoms with Crippen LogP contribution in [0.5, 0.6) is 5.75 Å². The predicted octanol–water partition coefficient (Wildman–Crippen LogP) is 3.31. The highest BCUT2D eigenvalue weighted by Crippen LogP contribution is 2.21. The topological polar surface area (TPSA) is 69.7 Å². The van der Waals surface area contributed by atoms with Crippen molar-refractivity contribution < 1.29 is 31.5 Å². The van der Waals surface area contributed by atoms with E-state index in [1.54, 1.807) is 18.2 Å². The lowest BCUT2D eigenvalue weighted by atomic mass is 10.2. The first kappa shape index (κ1) is 18.9. The van der Waals surface area contributed by atoms with Crippen molar-refractivity contribution in [3.05, 3.63) is 60.2 Å². The SMILES string of the molecule is O=C(OCCCS(=O)(=O)c1ccccc1)c1ccccc1OC(F)F. The van der Waals surface area contributed by atoms with Crippen molar-refractivity contribution in [2.75, 3.05) is 12.4 Å². The first-order valence-electron chi connectivity index (χ1n) is 7.39. The summed E-state index contributed by atoms with van der Waals surface area (Å²) in [5.41, 5.74) is -0.145. The van der Waals surface area contributed by atoms with E-state index in [0.717, 1.165) is 0 Å². The molecule has 0 fully saturated rings. The maximum absolute atomic E-state index is 12.3. The molecular weight excluding hydrogens is 354 g/mol. The van der Waals surface area contributed by atoms with Gasteiger partial charge < -0.3 is 9.47 Å². The molecule has 2 aromatic carbocycles. The fraction of sp³-hybridized carbons (Fsp3) is 0.235. The molecule has 0 saturated carbocycles. The quantitative estimate of drug-likeness (QED) is 0.527. The Morgan fingerprint density at radius 3 is 2.32 bits per heavy atom. The van der Waals surface area contributed by atoms with E-state index in [1.807, 2.05) is 0 Å². The molecule has 0 spiro atoms. The Morgan fingerprint density at radius 1 is 1.00 bits per heavy atom. The number of halogens is 2. The first-order valence-corrected chi connectivity index (χ1v) is 9.04. The fourth-order valence-corrected chi connectivity index (χ4v) is 3.38. The van der Waals surface area contributed by atoms with Crippen LogP contribution in [0.25, 0.3) is 0 Å². The van der Waals surface area contributed by atoms with Crippen LogP contribution in [-0.2, 0) is 14.6 Å². The average Bonchev–Trinajstić information content (AvgIpc) is 2.59. The Hall–Kier alpha value is -2.48. The number of rotatable bonds is 8. The normalized spacial score (nSPS) is 11.3. The predicted molar refractivity (Wildman–Crippen MR) is 86.5 cm³/mol. The van der Waals surface area contributed by atoms with Crippen LogP contribution in [0.4, 0.5) is 8.78 Å². The van der Waals surface area contributed by atoms with Crippen molar-refractivity contribution in [1.82, 2.24) is 0 Å². The van der Waals surface area contributed by atoms with Gasteiger partial charge in [-0.15, -0.1) is 0 Å². The summed E-state index contributed by atoms with van der Waals surface area (Å²) in [5.74, 6) is -1.34. The third kappa shape index (κ3) is 5.53. The summed E-state index contributed by atoms with van der Waals surface area (Å²) in [6, 6.07) is 13.4. The van der Waals surface area contributed by atoms with Gasteiger partial charge in [0.25, 0.3) is 0 Å². The molecule has 0 aliphatic heterocycles. The zero-order valence-corrected chi connectivity index (χ0v) is 13.9. The summed E-state index contributed by atoms with van der Waals surface area (Å²) in [7, 11) is -3.46. The number of para-hydroxylation sites is 1. The maximum Gasteiger partial charge on any atom is 0.387 e. The molecule has 5 nitrogen and oxygen atoms in total. The highest BCUT2D eigenvalue weighted by atomic mass is 32.2. The lowest BCUT2D eigenvalue weighted by Crippen LogP contribution is -2.13. The van der Waals surface area contributed by atoms with Crippen molar-refractivity contribution in [3.8, 4) is 5.75 Å². The number of carbonyl (C=O) groups is 1. The number of esters is 1. The number of carbonyl (C=O) groups excluding carboxylic acids is 1. The zero-order valence-electron chi connectivity index (χ0n) is 13.1. The van der Waals surface area contributed by atoms with Crippen LogP contribution in [0.3, 0.4) is 0 Å². The summed E-state index contributed by atoms with van der Waals surface area (Å²) in [6.45, 7) is -3.22. The molecule has 25 heavy (non-hydrogen) atoms. The smallest absolute Gasteiger partial charge is 0.387 e. The van der Waals surface area contributed by atoms with E-state index in [4.69, 9.17) is 4.74 Å². The minimum absolute atomic E-state index is 0.0842. The molecule has 134 valence electrons. The van der Waals surface area contributed by atoms with Crippen LogP contribution in [0, 0.1) is 0 Å². The van der Waals surface area contributed by atoms with Crippen LogP contribution in [0.2, 0.25) is 0 Å². The lowest BCUT2D eigenvalue weighted by Gasteiger charge is -2.10. The van der Waals surface area contributed by atoms with Crippen LogP contribution in [-0.4, -0.2) is 33.4 Å². The zero-order chi connectivity index (χ0) is 18.3. The molecule has 8 heteroatoms. The minimum atomic E-state index is -3.46. The highest BCUT2D eigenvalue weighted by Gasteiger charge is 2.17. The van der Waals surface area contributed by atoms with Crippen LogP contribution >= 0.6 is 0 Å². The van der Waals surface area contributed by atoms with Gasteiger partial charge in [-0.1, -0.05) is 30.3 Å². The number of hydrogen-bond donors (Lipinski definition) is 0. The Labute approximate surface area is 144 Å². The largest absolute Gasteiger partial charge is 0.462 e. The molecule has 0 atom stereocenters. The number of benzene rings is 2. The number of sulfone groups is 1. The Kier molecular flexibility index (Phi) is 6.46. The Balaban J connectivity index is 1.89. The molecule has 0 saturated heterocycles. The molecule has 0 bridgehead atoms. The molecule has 0 aliphatic rings. The molecule has 0 aliphatic carbocycles. The van der Waals surface area contributed by atoms with Gasteiger partial charge in [0, 0.05) is 0 Å². The third-order valence-corrected chi connectivity index (χ3v) is 5.03. The summed E-state index contributed by atoms with van der Waals surface area (Å²) in [5, 5.41) is 0. The van der Waals surface area contributed by atoms with Gasteiger partial charge in [0.05, 0.1) is 17.3 Å². The third-order valence-electron chi connectivity index (χ3n) is 3.22. The first-order chi connectivity index (χ1) is 11.9. The molecule has 0 N–H and O–H groups in total. The lowest BCUT2D eigenvalue weighted by molar-refractivity contribution is -0.0504. The Morgan fingerprint density at radius 2 is 1.64 bits per heavy atom. The highest BCUT2D eigenvalue weighted by molar-refractivity contribution is 7.91. The molecular formula is C17H16F2O5S. The van der Waals surface area contributed by atoms with Gasteiger partial charge in [-0.3, -0.25) is 0 Å². The second-order valence-corrected chi connectivity index (χ2v) is 7.11. The van der Waals surface area contributed by atoms with E-state index in [0.29, 0.717) is 0 Å². The van der Waals surface area contributed by atoms with Gasteiger partial charge in [-0.25, -0.2) is 13.2 Å². The van der Waals surface area contributed by atoms with Crippen molar-refractivity contribution in [1.29, 1.82) is 0 Å². The van der Waals surface area contributed by atoms with E-state index < -0.39 is 22.4 Å². The second-order valence-electron chi connectivity index (χ2n) is 5.00. The number of hydrogen-bond acceptors (Lipinski definition) is 5. The summed E-state index contributed by atoms with van der Waals surface area (Å²) >= 11 is 0. The maximum atomic E-state index is 12.3. The van der Waals surface area contributed by atoms with E-state index in [9.17, 15) is 22.0 Å². The van der Waals surface area contributed by atoms with Gasteiger partial charge in [-0.05, 0) is 30.7 Å². The number of ether oxygens (including phenoxy) is 2. The summed E-state index contributed by atoms with van der Waals surface area (Å²) in [4.78, 5) is 12.1. The van der Waals surface area contributed by atoms with Gasteiger partial charge in [0.2, 0.25) is 0 Å². The molecule has 0 amide bonds. The van der Waals surface area contributed by atoms with E-state index in [1.165, 1.54) is 36.4 Å². The summed E-state index contributed by atoms with van der Waals surface area (Å²) < 4.78 is 58.0. The van der Waals surface area contributed by atoms with Crippen molar-refractivity contribution in [2.45, 2.75) is 17.9 Å². The van der Waals surface area contributed by atoms with Crippen molar-refractivity contribution in [2.24, 2.45) is 0 Å². The van der Waals surface area contributed by atoms with E-state index in [-0.39, 0.29) is 35.0 Å². The molecule has 0 unspecified atom stereocenters. The molecule has 2 aromatic rings. The van der Waals surface area contributed by atoms with Gasteiger partial charge >= 0.3 is 12.6 Å². The van der Waals surface area contributed by atoms with Gasteiger partial charge in [0.15, 0.2) is 9.84 Å². The van der Waals surface area contributed by atoms with Gasteiger partial charge in [0.1, 0.15) is 11.3 Å². The monoisotopic (exact) mass is 370 g/mol. The van der Waals surface area contributed by atoms with Crippen LogP contribution < -0.4 is 4.74 Å². The minimum Gasteiger partial charge on any atom is -0.462 e. The van der Waals surface area contributed by atoms with Crippen molar-refractivity contribution in [3.63, 3.8) is 0 Å². The molecule has 0 radical (unpaired) electrons. The summed E-state index contributed by atoms with van der Waals surface area (Å²) in [6.07, 6.45) is 0.0842. The van der Waals surface area contributed by atoms with Crippen LogP contribution in [0.1, 0.15) is 16.8 Å². The Bertz CT molecular complexity index is 807. The van der Waals surface area contributed by atoms with E-state index in [2.05, 4.69) is 4.74 Å². The average molecular weight is 370 g/mol. The van der Waals surface area contributed by atoms with Crippen molar-refractivity contribution >= 4 is 15.8 Å². The number of alkyl halides is 2. The van der Waals surface area contributed by atoms with Crippen LogP contribution in [0.15, 0.2) is 59.5 Å². The standard InChI is InChI=1S/C17H16F2O5S/c18-17(19)24-15-10-5-4-9-14(15)16(20)23-11-6-12-25(21,22)13-7-2-1-3-8-13/h1-5,7-10,17H,6,11-12H2.